The highest BCUT2D eigenvalue weighted by atomic mass is 79.9. The summed E-state index contributed by atoms with van der Waals surface area (Å²) in [6.07, 6.45) is 1.41. The van der Waals surface area contributed by atoms with Crippen molar-refractivity contribution in [2.45, 2.75) is 19.6 Å². The Bertz CT molecular complexity index is 801. The summed E-state index contributed by atoms with van der Waals surface area (Å²) in [5.41, 5.74) is 0.893. The summed E-state index contributed by atoms with van der Waals surface area (Å²) in [5, 5.41) is 4.66. The Morgan fingerprint density at radius 1 is 1.19 bits per heavy atom. The normalized spacial score (nSPS) is 11.8. The van der Waals surface area contributed by atoms with Gasteiger partial charge in [0.15, 0.2) is 10.8 Å². The van der Waals surface area contributed by atoms with Crippen LogP contribution in [-0.2, 0) is 20.9 Å². The molecule has 3 amide bonds. The van der Waals surface area contributed by atoms with Crippen molar-refractivity contribution in [2.24, 2.45) is 0 Å². The van der Waals surface area contributed by atoms with Crippen molar-refractivity contribution in [3.05, 3.63) is 64.5 Å². The third kappa shape index (κ3) is 6.56. The lowest BCUT2D eigenvalue weighted by molar-refractivity contribution is -0.149. The predicted octanol–water partition coefficient (Wildman–Crippen LogP) is 3.01. The third-order valence-electron chi connectivity index (χ3n) is 3.17. The molecule has 0 aliphatic rings. The first kappa shape index (κ1) is 19.5. The van der Waals surface area contributed by atoms with E-state index in [1.165, 1.54) is 13.0 Å². The molecule has 0 fully saturated rings. The van der Waals surface area contributed by atoms with E-state index in [9.17, 15) is 14.4 Å². The molecule has 0 saturated carbocycles. The van der Waals surface area contributed by atoms with Gasteiger partial charge >= 0.3 is 12.0 Å². The number of imide groups is 1. The zero-order valence-electron chi connectivity index (χ0n) is 13.9. The van der Waals surface area contributed by atoms with Crippen LogP contribution in [0.4, 0.5) is 4.79 Å². The first-order valence-electron chi connectivity index (χ1n) is 7.70. The first-order valence-corrected chi connectivity index (χ1v) is 8.50. The fourth-order valence-electron chi connectivity index (χ4n) is 1.87. The van der Waals surface area contributed by atoms with Crippen molar-refractivity contribution in [3.63, 3.8) is 0 Å². The van der Waals surface area contributed by atoms with Crippen molar-refractivity contribution < 1.29 is 23.5 Å². The summed E-state index contributed by atoms with van der Waals surface area (Å²) >= 11 is 3.14. The lowest BCUT2D eigenvalue weighted by Gasteiger charge is -2.12. The number of halogens is 1. The molecule has 136 valence electrons. The Labute approximate surface area is 158 Å². The van der Waals surface area contributed by atoms with Crippen LogP contribution in [0, 0.1) is 0 Å². The molecule has 2 aromatic rings. The molecule has 26 heavy (non-hydrogen) atoms. The van der Waals surface area contributed by atoms with E-state index < -0.39 is 24.0 Å². The van der Waals surface area contributed by atoms with Crippen LogP contribution >= 0.6 is 15.9 Å². The van der Waals surface area contributed by atoms with Gasteiger partial charge in [0.1, 0.15) is 5.76 Å². The van der Waals surface area contributed by atoms with Gasteiger partial charge in [0.25, 0.3) is 5.91 Å². The highest BCUT2D eigenvalue weighted by Crippen LogP contribution is 2.15. The summed E-state index contributed by atoms with van der Waals surface area (Å²) < 4.78 is 10.7. The maximum atomic E-state index is 11.9. The second-order valence-electron chi connectivity index (χ2n) is 5.21. The molecule has 0 radical (unpaired) electrons. The molecule has 8 heteroatoms. The van der Waals surface area contributed by atoms with Crippen LogP contribution in [0.5, 0.6) is 0 Å². The number of rotatable bonds is 6. The molecule has 2 rings (SSSR count). The standard InChI is InChI=1S/C18H17BrN2O5/c1-12(25-16(22)10-8-14-7-9-15(19)26-14)17(23)21-18(24)20-11-13-5-3-2-4-6-13/h2-10,12H,11H2,1H3,(H2,20,21,23,24)/b10-8+. The van der Waals surface area contributed by atoms with Gasteiger partial charge in [-0.2, -0.15) is 0 Å². The number of furan rings is 1. The predicted molar refractivity (Wildman–Crippen MR) is 97.8 cm³/mol. The van der Waals surface area contributed by atoms with E-state index in [1.54, 1.807) is 12.1 Å². The van der Waals surface area contributed by atoms with Gasteiger partial charge in [-0.25, -0.2) is 9.59 Å². The van der Waals surface area contributed by atoms with Crippen LogP contribution in [0.15, 0.2) is 57.6 Å². The molecule has 1 atom stereocenters. The first-order chi connectivity index (χ1) is 12.4. The van der Waals surface area contributed by atoms with Gasteiger partial charge in [0.2, 0.25) is 0 Å². The monoisotopic (exact) mass is 420 g/mol. The quantitative estimate of drug-likeness (QED) is 0.552. The SMILES string of the molecule is CC(OC(=O)/C=C/c1ccc(Br)o1)C(=O)NC(=O)NCc1ccccc1. The average molecular weight is 421 g/mol. The van der Waals surface area contributed by atoms with E-state index in [0.29, 0.717) is 10.4 Å². The van der Waals surface area contributed by atoms with E-state index in [0.717, 1.165) is 11.6 Å². The molecule has 1 aromatic carbocycles. The molecule has 0 saturated heterocycles. The number of ether oxygens (including phenoxy) is 1. The summed E-state index contributed by atoms with van der Waals surface area (Å²) in [4.78, 5) is 35.3. The van der Waals surface area contributed by atoms with Gasteiger partial charge < -0.3 is 14.5 Å². The third-order valence-corrected chi connectivity index (χ3v) is 3.60. The zero-order valence-corrected chi connectivity index (χ0v) is 15.5. The average Bonchev–Trinajstić information content (AvgIpc) is 3.04. The Balaban J connectivity index is 1.74. The second-order valence-corrected chi connectivity index (χ2v) is 5.99. The van der Waals surface area contributed by atoms with Gasteiger partial charge in [-0.1, -0.05) is 30.3 Å². The van der Waals surface area contributed by atoms with Crippen LogP contribution < -0.4 is 10.6 Å². The van der Waals surface area contributed by atoms with Gasteiger partial charge in [0, 0.05) is 12.6 Å². The van der Waals surface area contributed by atoms with Gasteiger partial charge in [-0.15, -0.1) is 0 Å². The van der Waals surface area contributed by atoms with Crippen LogP contribution in [0.25, 0.3) is 6.08 Å². The Morgan fingerprint density at radius 2 is 1.92 bits per heavy atom. The summed E-state index contributed by atoms with van der Waals surface area (Å²) in [7, 11) is 0. The molecule has 0 aliphatic heterocycles. The maximum absolute atomic E-state index is 11.9. The molecule has 1 unspecified atom stereocenters. The fraction of sp³-hybridized carbons (Fsp3) is 0.167. The summed E-state index contributed by atoms with van der Waals surface area (Å²) in [5.74, 6) is -1.01. The number of hydrogen-bond acceptors (Lipinski definition) is 5. The molecular weight excluding hydrogens is 404 g/mol. The number of benzene rings is 1. The van der Waals surface area contributed by atoms with Crippen LogP contribution in [0.2, 0.25) is 0 Å². The van der Waals surface area contributed by atoms with Crippen molar-refractivity contribution >= 4 is 39.9 Å². The van der Waals surface area contributed by atoms with Crippen LogP contribution in [0.3, 0.4) is 0 Å². The smallest absolute Gasteiger partial charge is 0.331 e. The maximum Gasteiger partial charge on any atom is 0.331 e. The van der Waals surface area contributed by atoms with Crippen molar-refractivity contribution in [1.82, 2.24) is 10.6 Å². The summed E-state index contributed by atoms with van der Waals surface area (Å²) in [6.45, 7) is 1.64. The number of urea groups is 1. The number of carbonyl (C=O) groups excluding carboxylic acids is 3. The van der Waals surface area contributed by atoms with Crippen LogP contribution in [0.1, 0.15) is 18.2 Å². The highest BCUT2D eigenvalue weighted by molar-refractivity contribution is 9.10. The Morgan fingerprint density at radius 3 is 2.58 bits per heavy atom. The van der Waals surface area contributed by atoms with Gasteiger partial charge in [-0.3, -0.25) is 10.1 Å². The Kier molecular flexibility index (Phi) is 7.16. The number of carbonyl (C=O) groups is 3. The van der Waals surface area contributed by atoms with Crippen molar-refractivity contribution in [2.75, 3.05) is 0 Å². The second kappa shape index (κ2) is 9.57. The molecule has 0 bridgehead atoms. The summed E-state index contributed by atoms with van der Waals surface area (Å²) in [6, 6.07) is 11.9. The Hall–Kier alpha value is -2.87. The van der Waals surface area contributed by atoms with E-state index >= 15 is 0 Å². The minimum absolute atomic E-state index is 0.273. The molecule has 1 aromatic heterocycles. The molecule has 0 aliphatic carbocycles. The number of hydrogen-bond donors (Lipinski definition) is 2. The largest absolute Gasteiger partial charge is 0.450 e. The zero-order chi connectivity index (χ0) is 18.9. The fourth-order valence-corrected chi connectivity index (χ4v) is 2.19. The van der Waals surface area contributed by atoms with E-state index in [1.807, 2.05) is 30.3 Å². The topological polar surface area (TPSA) is 97.6 Å². The molecule has 2 N–H and O–H groups in total. The lowest BCUT2D eigenvalue weighted by atomic mass is 10.2. The van der Waals surface area contributed by atoms with Crippen molar-refractivity contribution in [1.29, 1.82) is 0 Å². The van der Waals surface area contributed by atoms with Crippen LogP contribution in [-0.4, -0.2) is 24.0 Å². The minimum atomic E-state index is -1.13. The molecule has 0 spiro atoms. The van der Waals surface area contributed by atoms with Gasteiger partial charge in [0.05, 0.1) is 0 Å². The van der Waals surface area contributed by atoms with E-state index in [2.05, 4.69) is 26.6 Å². The lowest BCUT2D eigenvalue weighted by Crippen LogP contribution is -2.44. The van der Waals surface area contributed by atoms with E-state index in [4.69, 9.17) is 9.15 Å². The number of nitrogens with one attached hydrogen (secondary N) is 2. The van der Waals surface area contributed by atoms with Crippen molar-refractivity contribution in [3.8, 4) is 0 Å². The highest BCUT2D eigenvalue weighted by Gasteiger charge is 2.18. The molecule has 7 nitrogen and oxygen atoms in total. The van der Waals surface area contributed by atoms with Gasteiger partial charge in [-0.05, 0) is 46.6 Å². The minimum Gasteiger partial charge on any atom is -0.450 e. The number of esters is 1. The van der Waals surface area contributed by atoms with E-state index in [-0.39, 0.29) is 6.54 Å². The molecular formula is C18H17BrN2O5. The molecule has 1 heterocycles. The number of amides is 3.